The average Bonchev–Trinajstić information content (AvgIpc) is 2.27. The van der Waals surface area contributed by atoms with Crippen LogP contribution < -0.4 is 5.32 Å². The van der Waals surface area contributed by atoms with E-state index in [1.54, 1.807) is 0 Å². The second-order valence-corrected chi connectivity index (χ2v) is 4.16. The van der Waals surface area contributed by atoms with Gasteiger partial charge in [-0.05, 0) is 25.7 Å². The highest BCUT2D eigenvalue weighted by atomic mass is 16.5. The predicted molar refractivity (Wildman–Crippen MR) is 57.9 cm³/mol. The maximum Gasteiger partial charge on any atom is 0.324 e. The normalized spacial score (nSPS) is 20.5. The van der Waals surface area contributed by atoms with Gasteiger partial charge in [-0.3, -0.25) is 10.1 Å². The van der Waals surface area contributed by atoms with Gasteiger partial charge in [0.05, 0.1) is 0 Å². The predicted octanol–water partition coefficient (Wildman–Crippen LogP) is 1.40. The molecular weight excluding hydrogens is 194 g/mol. The first-order valence-corrected chi connectivity index (χ1v) is 5.73. The molecule has 0 radical (unpaired) electrons. The smallest absolute Gasteiger partial charge is 0.324 e. The molecular formula is C11H21NO3. The molecule has 0 aliphatic carbocycles. The highest BCUT2D eigenvalue weighted by Gasteiger charge is 2.40. The molecule has 4 nitrogen and oxygen atoms in total. The lowest BCUT2D eigenvalue weighted by atomic mass is 9.88. The lowest BCUT2D eigenvalue weighted by Gasteiger charge is -2.37. The fourth-order valence-electron chi connectivity index (χ4n) is 2.02. The van der Waals surface area contributed by atoms with E-state index in [9.17, 15) is 9.90 Å². The summed E-state index contributed by atoms with van der Waals surface area (Å²) in [6.45, 7) is 5.24. The van der Waals surface area contributed by atoms with Gasteiger partial charge in [-0.1, -0.05) is 13.8 Å². The SMILES string of the molecule is CCC(CC)NC1(C(=O)O)CCOCC1. The topological polar surface area (TPSA) is 58.6 Å². The van der Waals surface area contributed by atoms with Crippen LogP contribution in [0.15, 0.2) is 0 Å². The molecule has 1 fully saturated rings. The van der Waals surface area contributed by atoms with Crippen LogP contribution in [0, 0.1) is 0 Å². The van der Waals surface area contributed by atoms with Crippen molar-refractivity contribution in [3.8, 4) is 0 Å². The van der Waals surface area contributed by atoms with Crippen LogP contribution in [0.1, 0.15) is 39.5 Å². The Labute approximate surface area is 91.0 Å². The van der Waals surface area contributed by atoms with Crippen LogP contribution in [0.3, 0.4) is 0 Å². The van der Waals surface area contributed by atoms with Gasteiger partial charge in [0.15, 0.2) is 0 Å². The first kappa shape index (κ1) is 12.5. The van der Waals surface area contributed by atoms with Crippen LogP contribution >= 0.6 is 0 Å². The molecule has 0 bridgehead atoms. The monoisotopic (exact) mass is 215 g/mol. The van der Waals surface area contributed by atoms with Gasteiger partial charge in [0.1, 0.15) is 5.54 Å². The molecule has 0 amide bonds. The van der Waals surface area contributed by atoms with Crippen molar-refractivity contribution >= 4 is 5.97 Å². The molecule has 0 spiro atoms. The molecule has 2 N–H and O–H groups in total. The summed E-state index contributed by atoms with van der Waals surface area (Å²) in [6, 6.07) is 0.291. The van der Waals surface area contributed by atoms with Crippen LogP contribution in [-0.2, 0) is 9.53 Å². The van der Waals surface area contributed by atoms with Gasteiger partial charge >= 0.3 is 5.97 Å². The van der Waals surface area contributed by atoms with Crippen LogP contribution in [0.25, 0.3) is 0 Å². The second kappa shape index (κ2) is 5.47. The summed E-state index contributed by atoms with van der Waals surface area (Å²) in [5.74, 6) is -0.738. The van der Waals surface area contributed by atoms with Crippen LogP contribution in [-0.4, -0.2) is 35.9 Å². The van der Waals surface area contributed by atoms with Crippen LogP contribution in [0.5, 0.6) is 0 Å². The quantitative estimate of drug-likeness (QED) is 0.727. The molecule has 1 heterocycles. The van der Waals surface area contributed by atoms with Crippen LogP contribution in [0.2, 0.25) is 0 Å². The summed E-state index contributed by atoms with van der Waals surface area (Å²) in [7, 11) is 0. The average molecular weight is 215 g/mol. The highest BCUT2D eigenvalue weighted by molar-refractivity contribution is 5.79. The van der Waals surface area contributed by atoms with Gasteiger partial charge in [-0.2, -0.15) is 0 Å². The van der Waals surface area contributed by atoms with Gasteiger partial charge < -0.3 is 9.84 Å². The first-order valence-electron chi connectivity index (χ1n) is 5.73. The number of aliphatic carboxylic acids is 1. The van der Waals surface area contributed by atoms with E-state index in [2.05, 4.69) is 19.2 Å². The van der Waals surface area contributed by atoms with E-state index in [1.807, 2.05) is 0 Å². The van der Waals surface area contributed by atoms with Gasteiger partial charge in [-0.15, -0.1) is 0 Å². The molecule has 0 aromatic heterocycles. The molecule has 4 heteroatoms. The van der Waals surface area contributed by atoms with Gasteiger partial charge in [-0.25, -0.2) is 0 Å². The van der Waals surface area contributed by atoms with E-state index >= 15 is 0 Å². The van der Waals surface area contributed by atoms with Gasteiger partial charge in [0, 0.05) is 19.3 Å². The zero-order valence-electron chi connectivity index (χ0n) is 9.58. The van der Waals surface area contributed by atoms with E-state index in [4.69, 9.17) is 4.74 Å². The molecule has 88 valence electrons. The van der Waals surface area contributed by atoms with Crippen molar-refractivity contribution in [3.63, 3.8) is 0 Å². The Kier molecular flexibility index (Phi) is 4.54. The summed E-state index contributed by atoms with van der Waals surface area (Å²) < 4.78 is 5.22. The molecule has 0 unspecified atom stereocenters. The Balaban J connectivity index is 2.67. The maximum absolute atomic E-state index is 11.3. The molecule has 0 atom stereocenters. The summed E-state index contributed by atoms with van der Waals surface area (Å²) in [5.41, 5.74) is -0.755. The number of nitrogens with one attached hydrogen (secondary N) is 1. The highest BCUT2D eigenvalue weighted by Crippen LogP contribution is 2.22. The van der Waals surface area contributed by atoms with Crippen molar-refractivity contribution in [2.75, 3.05) is 13.2 Å². The van der Waals surface area contributed by atoms with Crippen molar-refractivity contribution in [2.45, 2.75) is 51.1 Å². The third kappa shape index (κ3) is 2.92. The van der Waals surface area contributed by atoms with Crippen molar-refractivity contribution < 1.29 is 14.6 Å². The molecule has 15 heavy (non-hydrogen) atoms. The number of carbonyl (C=O) groups is 1. The Morgan fingerprint density at radius 2 is 1.93 bits per heavy atom. The van der Waals surface area contributed by atoms with E-state index in [0.717, 1.165) is 12.8 Å². The van der Waals surface area contributed by atoms with Crippen molar-refractivity contribution in [1.29, 1.82) is 0 Å². The molecule has 1 rings (SSSR count). The minimum atomic E-state index is -0.755. The maximum atomic E-state index is 11.3. The van der Waals surface area contributed by atoms with Crippen molar-refractivity contribution in [1.82, 2.24) is 5.32 Å². The Morgan fingerprint density at radius 3 is 2.33 bits per heavy atom. The van der Waals surface area contributed by atoms with E-state index in [-0.39, 0.29) is 0 Å². The molecule has 1 aliphatic heterocycles. The number of rotatable bonds is 5. The summed E-state index contributed by atoms with van der Waals surface area (Å²) in [4.78, 5) is 11.3. The standard InChI is InChI=1S/C11H21NO3/c1-3-9(4-2)12-11(10(13)14)5-7-15-8-6-11/h9,12H,3-8H2,1-2H3,(H,13,14). The molecule has 0 aromatic carbocycles. The Bertz CT molecular complexity index is 208. The number of ether oxygens (including phenoxy) is 1. The van der Waals surface area contributed by atoms with E-state index in [0.29, 0.717) is 32.1 Å². The summed E-state index contributed by atoms with van der Waals surface area (Å²) in [6.07, 6.45) is 3.07. The van der Waals surface area contributed by atoms with Crippen molar-refractivity contribution in [2.24, 2.45) is 0 Å². The summed E-state index contributed by atoms with van der Waals surface area (Å²) in [5, 5.41) is 12.6. The van der Waals surface area contributed by atoms with E-state index in [1.165, 1.54) is 0 Å². The number of hydrogen-bond acceptors (Lipinski definition) is 3. The lowest BCUT2D eigenvalue weighted by Crippen LogP contribution is -2.58. The first-order chi connectivity index (χ1) is 7.14. The summed E-state index contributed by atoms with van der Waals surface area (Å²) >= 11 is 0. The zero-order chi connectivity index (χ0) is 11.3. The zero-order valence-corrected chi connectivity index (χ0v) is 9.58. The Morgan fingerprint density at radius 1 is 1.40 bits per heavy atom. The molecule has 1 saturated heterocycles. The van der Waals surface area contributed by atoms with Crippen LogP contribution in [0.4, 0.5) is 0 Å². The largest absolute Gasteiger partial charge is 0.480 e. The van der Waals surface area contributed by atoms with E-state index < -0.39 is 11.5 Å². The third-order valence-electron chi connectivity index (χ3n) is 3.22. The Hall–Kier alpha value is -0.610. The minimum absolute atomic E-state index is 0.291. The molecule has 0 aromatic rings. The molecule has 1 aliphatic rings. The number of carboxylic acids is 1. The fraction of sp³-hybridized carbons (Fsp3) is 0.909. The lowest BCUT2D eigenvalue weighted by molar-refractivity contribution is -0.149. The van der Waals surface area contributed by atoms with Gasteiger partial charge in [0.2, 0.25) is 0 Å². The number of hydrogen-bond donors (Lipinski definition) is 2. The van der Waals surface area contributed by atoms with Crippen molar-refractivity contribution in [3.05, 3.63) is 0 Å². The third-order valence-corrected chi connectivity index (χ3v) is 3.22. The second-order valence-electron chi connectivity index (χ2n) is 4.16. The molecule has 0 saturated carbocycles. The minimum Gasteiger partial charge on any atom is -0.480 e. The number of carboxylic acid groups (broad SMARTS) is 1. The fourth-order valence-corrected chi connectivity index (χ4v) is 2.02. The van der Waals surface area contributed by atoms with Gasteiger partial charge in [0.25, 0.3) is 0 Å².